The van der Waals surface area contributed by atoms with Crippen molar-refractivity contribution in [3.05, 3.63) is 11.1 Å². The minimum Gasteiger partial charge on any atom is -0.359 e. The van der Waals surface area contributed by atoms with E-state index in [0.29, 0.717) is 18.9 Å². The maximum Gasteiger partial charge on any atom is 0.220 e. The van der Waals surface area contributed by atoms with Gasteiger partial charge in [-0.2, -0.15) is 0 Å². The van der Waals surface area contributed by atoms with Gasteiger partial charge in [0, 0.05) is 44.6 Å². The highest BCUT2D eigenvalue weighted by Gasteiger charge is 2.22. The standard InChI is InChI=1S/C13H23BrN4O/c1-10(14)9-17-13(16-3)18-6-4-11(5-7-18)8-12(19)15-2/h11H,1,4-9H2,2-3H3,(H,15,19)(H,16,17). The molecule has 0 aromatic heterocycles. The molecule has 0 aliphatic carbocycles. The minimum absolute atomic E-state index is 0.136. The molecule has 0 unspecified atom stereocenters. The maximum absolute atomic E-state index is 11.4. The number of rotatable bonds is 4. The zero-order valence-corrected chi connectivity index (χ0v) is 13.3. The van der Waals surface area contributed by atoms with Crippen molar-refractivity contribution in [2.75, 3.05) is 33.7 Å². The van der Waals surface area contributed by atoms with E-state index < -0.39 is 0 Å². The minimum atomic E-state index is 0.136. The SMILES string of the molecule is C=C(Br)CNC(=NC)N1CCC(CC(=O)NC)CC1. The third kappa shape index (κ3) is 5.63. The number of hydrogen-bond acceptors (Lipinski definition) is 2. The second-order valence-corrected chi connectivity index (χ2v) is 5.85. The molecule has 1 rings (SSSR count). The number of carbonyl (C=O) groups excluding carboxylic acids is 1. The van der Waals surface area contributed by atoms with Gasteiger partial charge in [-0.3, -0.25) is 9.79 Å². The van der Waals surface area contributed by atoms with Gasteiger partial charge in [0.05, 0.1) is 0 Å². The number of nitrogens with zero attached hydrogens (tertiary/aromatic N) is 2. The van der Waals surface area contributed by atoms with Crippen LogP contribution in [-0.4, -0.2) is 50.5 Å². The third-order valence-electron chi connectivity index (χ3n) is 3.32. The lowest BCUT2D eigenvalue weighted by Crippen LogP contribution is -2.46. The molecule has 1 saturated heterocycles. The van der Waals surface area contributed by atoms with Crippen LogP contribution in [0.4, 0.5) is 0 Å². The van der Waals surface area contributed by atoms with Crippen molar-refractivity contribution in [1.82, 2.24) is 15.5 Å². The van der Waals surface area contributed by atoms with Gasteiger partial charge in [-0.15, -0.1) is 0 Å². The van der Waals surface area contributed by atoms with E-state index in [1.165, 1.54) is 0 Å². The van der Waals surface area contributed by atoms with Gasteiger partial charge in [0.2, 0.25) is 5.91 Å². The van der Waals surface area contributed by atoms with Crippen LogP contribution in [0, 0.1) is 5.92 Å². The van der Waals surface area contributed by atoms with Crippen LogP contribution in [-0.2, 0) is 4.79 Å². The molecule has 1 fully saturated rings. The molecule has 1 aliphatic rings. The van der Waals surface area contributed by atoms with E-state index in [2.05, 4.69) is 43.0 Å². The number of amides is 1. The lowest BCUT2D eigenvalue weighted by molar-refractivity contribution is -0.121. The fourth-order valence-corrected chi connectivity index (χ4v) is 2.36. The number of carbonyl (C=O) groups is 1. The zero-order valence-electron chi connectivity index (χ0n) is 11.7. The van der Waals surface area contributed by atoms with Crippen molar-refractivity contribution in [3.8, 4) is 0 Å². The van der Waals surface area contributed by atoms with Crippen LogP contribution in [0.1, 0.15) is 19.3 Å². The number of aliphatic imine (C=N–C) groups is 1. The topological polar surface area (TPSA) is 56.7 Å². The summed E-state index contributed by atoms with van der Waals surface area (Å²) in [6, 6.07) is 0. The van der Waals surface area contributed by atoms with Crippen LogP contribution < -0.4 is 10.6 Å². The van der Waals surface area contributed by atoms with Gasteiger partial charge in [0.1, 0.15) is 0 Å². The van der Waals surface area contributed by atoms with Crippen molar-refractivity contribution < 1.29 is 4.79 Å². The number of hydrogen-bond donors (Lipinski definition) is 2. The highest BCUT2D eigenvalue weighted by atomic mass is 79.9. The van der Waals surface area contributed by atoms with Crippen LogP contribution in [0.5, 0.6) is 0 Å². The highest BCUT2D eigenvalue weighted by molar-refractivity contribution is 9.11. The third-order valence-corrected chi connectivity index (χ3v) is 3.60. The molecule has 0 saturated carbocycles. The zero-order chi connectivity index (χ0) is 14.3. The summed E-state index contributed by atoms with van der Waals surface area (Å²) in [5, 5.41) is 5.94. The Labute approximate surface area is 123 Å². The summed E-state index contributed by atoms with van der Waals surface area (Å²) in [6.45, 7) is 6.35. The van der Waals surface area contributed by atoms with Gasteiger partial charge in [0.15, 0.2) is 5.96 Å². The van der Waals surface area contributed by atoms with Crippen molar-refractivity contribution in [2.45, 2.75) is 19.3 Å². The first kappa shape index (κ1) is 16.0. The van der Waals surface area contributed by atoms with Crippen LogP contribution in [0.25, 0.3) is 0 Å². The summed E-state index contributed by atoms with van der Waals surface area (Å²) in [5.41, 5.74) is 0. The van der Waals surface area contributed by atoms with E-state index in [1.54, 1.807) is 14.1 Å². The summed E-state index contributed by atoms with van der Waals surface area (Å²) in [4.78, 5) is 17.9. The maximum atomic E-state index is 11.4. The smallest absolute Gasteiger partial charge is 0.220 e. The Morgan fingerprint density at radius 2 is 2.11 bits per heavy atom. The van der Waals surface area contributed by atoms with Gasteiger partial charge >= 0.3 is 0 Å². The molecule has 0 aromatic rings. The Kier molecular flexibility index (Phi) is 6.91. The number of halogens is 1. The normalized spacial score (nSPS) is 17.2. The highest BCUT2D eigenvalue weighted by Crippen LogP contribution is 2.20. The van der Waals surface area contributed by atoms with Gasteiger partial charge < -0.3 is 15.5 Å². The fourth-order valence-electron chi connectivity index (χ4n) is 2.22. The van der Waals surface area contributed by atoms with E-state index in [-0.39, 0.29) is 5.91 Å². The molecule has 0 bridgehead atoms. The monoisotopic (exact) mass is 330 g/mol. The first-order chi connectivity index (χ1) is 9.06. The summed E-state index contributed by atoms with van der Waals surface area (Å²) in [6.07, 6.45) is 2.70. The molecule has 0 atom stereocenters. The summed E-state index contributed by atoms with van der Waals surface area (Å²) in [7, 11) is 3.48. The second kappa shape index (κ2) is 8.19. The molecule has 1 heterocycles. The van der Waals surface area contributed by atoms with Crippen LogP contribution in [0.3, 0.4) is 0 Å². The van der Waals surface area contributed by atoms with Gasteiger partial charge in [-0.1, -0.05) is 22.5 Å². The van der Waals surface area contributed by atoms with Crippen LogP contribution in [0.2, 0.25) is 0 Å². The predicted octanol–water partition coefficient (Wildman–Crippen LogP) is 1.32. The van der Waals surface area contributed by atoms with Crippen molar-refractivity contribution in [2.24, 2.45) is 10.9 Å². The molecule has 6 heteroatoms. The Morgan fingerprint density at radius 1 is 1.47 bits per heavy atom. The lowest BCUT2D eigenvalue weighted by atomic mass is 9.93. The molecule has 5 nitrogen and oxygen atoms in total. The first-order valence-electron chi connectivity index (χ1n) is 6.56. The first-order valence-corrected chi connectivity index (χ1v) is 7.35. The molecule has 0 radical (unpaired) electrons. The molecular weight excluding hydrogens is 308 g/mol. The molecule has 19 heavy (non-hydrogen) atoms. The van der Waals surface area contributed by atoms with Crippen molar-refractivity contribution in [3.63, 3.8) is 0 Å². The number of piperidine rings is 1. The van der Waals surface area contributed by atoms with Crippen molar-refractivity contribution >= 4 is 27.8 Å². The Hall–Kier alpha value is -1.04. The lowest BCUT2D eigenvalue weighted by Gasteiger charge is -2.34. The summed E-state index contributed by atoms with van der Waals surface area (Å²) < 4.78 is 0.906. The quantitative estimate of drug-likeness (QED) is 0.603. The van der Waals surface area contributed by atoms with Gasteiger partial charge in [0.25, 0.3) is 0 Å². The van der Waals surface area contributed by atoms with Crippen molar-refractivity contribution in [1.29, 1.82) is 0 Å². The Bertz CT molecular complexity index is 349. The molecule has 1 amide bonds. The molecular formula is C13H23BrN4O. The Morgan fingerprint density at radius 3 is 2.58 bits per heavy atom. The second-order valence-electron chi connectivity index (χ2n) is 4.73. The number of nitrogens with one attached hydrogen (secondary N) is 2. The average Bonchev–Trinajstić information content (AvgIpc) is 2.40. The molecule has 0 aromatic carbocycles. The van der Waals surface area contributed by atoms with E-state index in [9.17, 15) is 4.79 Å². The summed E-state index contributed by atoms with van der Waals surface area (Å²) >= 11 is 3.33. The predicted molar refractivity (Wildman–Crippen MR) is 82.4 cm³/mol. The molecule has 0 spiro atoms. The Balaban J connectivity index is 2.39. The molecule has 2 N–H and O–H groups in total. The fraction of sp³-hybridized carbons (Fsp3) is 0.692. The van der Waals surface area contributed by atoms with E-state index in [0.717, 1.165) is 36.4 Å². The largest absolute Gasteiger partial charge is 0.359 e. The van der Waals surface area contributed by atoms with Crippen LogP contribution in [0.15, 0.2) is 16.1 Å². The van der Waals surface area contributed by atoms with E-state index in [1.807, 2.05) is 0 Å². The number of likely N-dealkylation sites (tertiary alicyclic amines) is 1. The van der Waals surface area contributed by atoms with E-state index >= 15 is 0 Å². The molecule has 108 valence electrons. The number of guanidine groups is 1. The van der Waals surface area contributed by atoms with Crippen LogP contribution >= 0.6 is 15.9 Å². The summed E-state index contributed by atoms with van der Waals surface area (Å²) in [5.74, 6) is 1.52. The average molecular weight is 331 g/mol. The van der Waals surface area contributed by atoms with E-state index in [4.69, 9.17) is 0 Å². The van der Waals surface area contributed by atoms with Gasteiger partial charge in [-0.25, -0.2) is 0 Å². The van der Waals surface area contributed by atoms with Gasteiger partial charge in [-0.05, 0) is 18.8 Å². The molecule has 1 aliphatic heterocycles.